The zero-order chi connectivity index (χ0) is 11.5. The molecule has 0 spiro atoms. The molecule has 7 heteroatoms. The van der Waals surface area contributed by atoms with E-state index >= 15 is 0 Å². The van der Waals surface area contributed by atoms with Gasteiger partial charge in [-0.2, -0.15) is 4.98 Å². The molecule has 15 heavy (non-hydrogen) atoms. The van der Waals surface area contributed by atoms with Crippen molar-refractivity contribution in [2.24, 2.45) is 0 Å². The topological polar surface area (TPSA) is 116 Å². The Labute approximate surface area is 85.4 Å². The van der Waals surface area contributed by atoms with Crippen molar-refractivity contribution in [1.82, 2.24) is 4.98 Å². The zero-order valence-corrected chi connectivity index (χ0v) is 8.10. The number of aliphatic hydroxyl groups excluding tert-OH is 2. The third-order valence-corrected chi connectivity index (χ3v) is 1.83. The number of anilines is 1. The van der Waals surface area contributed by atoms with Gasteiger partial charge in [0, 0.05) is 0 Å². The maximum atomic E-state index is 10.5. The normalized spacial score (nSPS) is 11.4. The molecule has 1 heterocycles. The quantitative estimate of drug-likeness (QED) is 0.525. The van der Waals surface area contributed by atoms with E-state index in [9.17, 15) is 4.79 Å². The first-order chi connectivity index (χ1) is 7.00. The van der Waals surface area contributed by atoms with Gasteiger partial charge < -0.3 is 25.1 Å². The average Bonchev–Trinajstić information content (AvgIpc) is 2.66. The number of nitrogens with one attached hydrogen (secondary N) is 1. The monoisotopic (exact) mass is 216 g/mol. The number of hydrogen-bond donors (Lipinski definition) is 4. The van der Waals surface area contributed by atoms with Gasteiger partial charge in [0.1, 0.15) is 6.26 Å². The van der Waals surface area contributed by atoms with Gasteiger partial charge in [-0.1, -0.05) is 0 Å². The van der Waals surface area contributed by atoms with Gasteiger partial charge in [-0.05, 0) is 6.92 Å². The third kappa shape index (κ3) is 2.67. The molecule has 0 aliphatic carbocycles. The van der Waals surface area contributed by atoms with Crippen LogP contribution in [0.3, 0.4) is 0 Å². The summed E-state index contributed by atoms with van der Waals surface area (Å²) in [6, 6.07) is -0.0574. The number of nitrogens with zero attached hydrogens (tertiary/aromatic N) is 1. The molecule has 0 aliphatic rings. The lowest BCUT2D eigenvalue weighted by Gasteiger charge is -2.24. The molecule has 0 saturated carbocycles. The fraction of sp³-hybridized carbons (Fsp3) is 0.500. The Balaban J connectivity index is 2.76. The SMILES string of the molecule is CC(CO)(CO)Nc1nc(C(=O)O)co1. The van der Waals surface area contributed by atoms with Gasteiger partial charge in [0.15, 0.2) is 5.69 Å². The number of carboxylic acids is 1. The number of aliphatic hydroxyl groups is 2. The Morgan fingerprint density at radius 1 is 1.60 bits per heavy atom. The van der Waals surface area contributed by atoms with Gasteiger partial charge in [0.25, 0.3) is 6.01 Å². The van der Waals surface area contributed by atoms with Gasteiger partial charge in [-0.15, -0.1) is 0 Å². The van der Waals surface area contributed by atoms with Crippen LogP contribution in [0.5, 0.6) is 0 Å². The van der Waals surface area contributed by atoms with Crippen molar-refractivity contribution in [1.29, 1.82) is 0 Å². The van der Waals surface area contributed by atoms with Crippen LogP contribution >= 0.6 is 0 Å². The molecule has 0 aliphatic heterocycles. The summed E-state index contributed by atoms with van der Waals surface area (Å²) >= 11 is 0. The van der Waals surface area contributed by atoms with Gasteiger partial charge in [0.05, 0.1) is 18.8 Å². The van der Waals surface area contributed by atoms with E-state index in [1.807, 2.05) is 0 Å². The molecule has 1 rings (SSSR count). The molecule has 4 N–H and O–H groups in total. The summed E-state index contributed by atoms with van der Waals surface area (Å²) in [6.07, 6.45) is 0.972. The molecule has 84 valence electrons. The average molecular weight is 216 g/mol. The minimum atomic E-state index is -1.21. The van der Waals surface area contributed by atoms with E-state index in [1.165, 1.54) is 6.92 Å². The van der Waals surface area contributed by atoms with E-state index in [0.717, 1.165) is 6.26 Å². The van der Waals surface area contributed by atoms with Crippen molar-refractivity contribution < 1.29 is 24.5 Å². The summed E-state index contributed by atoms with van der Waals surface area (Å²) in [5.74, 6) is -1.21. The van der Waals surface area contributed by atoms with Crippen LogP contribution in [0, 0.1) is 0 Å². The number of oxazole rings is 1. The second kappa shape index (κ2) is 4.28. The smallest absolute Gasteiger partial charge is 0.357 e. The van der Waals surface area contributed by atoms with Gasteiger partial charge in [-0.25, -0.2) is 4.79 Å². The predicted octanol–water partition coefficient (Wildman–Crippen LogP) is -0.472. The number of rotatable bonds is 5. The van der Waals surface area contributed by atoms with Crippen LogP contribution in [-0.2, 0) is 0 Å². The second-order valence-corrected chi connectivity index (χ2v) is 3.34. The highest BCUT2D eigenvalue weighted by molar-refractivity contribution is 5.85. The van der Waals surface area contributed by atoms with Crippen LogP contribution in [0.1, 0.15) is 17.4 Å². The van der Waals surface area contributed by atoms with Crippen molar-refractivity contribution in [2.75, 3.05) is 18.5 Å². The minimum Gasteiger partial charge on any atom is -0.476 e. The Bertz CT molecular complexity index is 345. The first kappa shape index (κ1) is 11.5. The van der Waals surface area contributed by atoms with Crippen molar-refractivity contribution in [2.45, 2.75) is 12.5 Å². The fourth-order valence-corrected chi connectivity index (χ4v) is 0.817. The Morgan fingerprint density at radius 3 is 2.60 bits per heavy atom. The van der Waals surface area contributed by atoms with E-state index in [1.54, 1.807) is 0 Å². The van der Waals surface area contributed by atoms with Gasteiger partial charge >= 0.3 is 5.97 Å². The lowest BCUT2D eigenvalue weighted by atomic mass is 10.1. The fourth-order valence-electron chi connectivity index (χ4n) is 0.817. The Kier molecular flexibility index (Phi) is 3.28. The van der Waals surface area contributed by atoms with Crippen molar-refractivity contribution in [3.8, 4) is 0 Å². The molecule has 0 atom stereocenters. The van der Waals surface area contributed by atoms with Crippen LogP contribution < -0.4 is 5.32 Å². The highest BCUT2D eigenvalue weighted by atomic mass is 16.4. The Morgan fingerprint density at radius 2 is 2.20 bits per heavy atom. The standard InChI is InChI=1S/C8H12N2O5/c1-8(3-11,4-12)10-7-9-5(2-15-7)6(13)14/h2,11-12H,3-4H2,1H3,(H,9,10)(H,13,14). The summed E-state index contributed by atoms with van der Waals surface area (Å²) in [7, 11) is 0. The number of aromatic nitrogens is 1. The van der Waals surface area contributed by atoms with Crippen LogP contribution in [0.25, 0.3) is 0 Å². The lowest BCUT2D eigenvalue weighted by Crippen LogP contribution is -2.42. The molecule has 1 aromatic rings. The number of carboxylic acid groups (broad SMARTS) is 1. The molecule has 0 unspecified atom stereocenters. The number of aromatic carboxylic acids is 1. The first-order valence-electron chi connectivity index (χ1n) is 4.19. The van der Waals surface area contributed by atoms with Crippen LogP contribution in [0.15, 0.2) is 10.7 Å². The van der Waals surface area contributed by atoms with Crippen molar-refractivity contribution in [3.05, 3.63) is 12.0 Å². The summed E-state index contributed by atoms with van der Waals surface area (Å²) in [6.45, 7) is 0.861. The molecule has 0 saturated heterocycles. The van der Waals surface area contributed by atoms with Gasteiger partial charge in [0.2, 0.25) is 0 Å². The number of hydrogen-bond acceptors (Lipinski definition) is 6. The maximum Gasteiger partial charge on any atom is 0.357 e. The van der Waals surface area contributed by atoms with E-state index in [0.29, 0.717) is 0 Å². The minimum absolute atomic E-state index is 0.0574. The maximum absolute atomic E-state index is 10.5. The number of carbonyl (C=O) groups is 1. The summed E-state index contributed by atoms with van der Waals surface area (Å²) < 4.78 is 4.80. The molecule has 0 amide bonds. The molecular formula is C8H12N2O5. The largest absolute Gasteiger partial charge is 0.476 e. The molecule has 0 bridgehead atoms. The van der Waals surface area contributed by atoms with E-state index in [2.05, 4.69) is 10.3 Å². The highest BCUT2D eigenvalue weighted by Gasteiger charge is 2.24. The molecule has 0 radical (unpaired) electrons. The highest BCUT2D eigenvalue weighted by Crippen LogP contribution is 2.14. The lowest BCUT2D eigenvalue weighted by molar-refractivity contribution is 0.0690. The second-order valence-electron chi connectivity index (χ2n) is 3.34. The molecule has 1 aromatic heterocycles. The van der Waals surface area contributed by atoms with Crippen molar-refractivity contribution >= 4 is 12.0 Å². The van der Waals surface area contributed by atoms with E-state index in [4.69, 9.17) is 19.7 Å². The summed E-state index contributed by atoms with van der Waals surface area (Å²) in [5.41, 5.74) is -1.24. The molecular weight excluding hydrogens is 204 g/mol. The predicted molar refractivity (Wildman–Crippen MR) is 49.7 cm³/mol. The zero-order valence-electron chi connectivity index (χ0n) is 8.10. The van der Waals surface area contributed by atoms with E-state index in [-0.39, 0.29) is 24.9 Å². The summed E-state index contributed by atoms with van der Waals surface area (Å²) in [5, 5.41) is 29.1. The summed E-state index contributed by atoms with van der Waals surface area (Å²) in [4.78, 5) is 14.1. The van der Waals surface area contributed by atoms with Crippen molar-refractivity contribution in [3.63, 3.8) is 0 Å². The van der Waals surface area contributed by atoms with Crippen LogP contribution in [0.4, 0.5) is 6.01 Å². The molecule has 0 aromatic carbocycles. The molecule has 0 fully saturated rings. The van der Waals surface area contributed by atoms with Crippen LogP contribution in [0.2, 0.25) is 0 Å². The van der Waals surface area contributed by atoms with Crippen LogP contribution in [-0.4, -0.2) is 45.0 Å². The van der Waals surface area contributed by atoms with E-state index < -0.39 is 11.5 Å². The first-order valence-corrected chi connectivity index (χ1v) is 4.19. The van der Waals surface area contributed by atoms with Gasteiger partial charge in [-0.3, -0.25) is 0 Å². The third-order valence-electron chi connectivity index (χ3n) is 1.83. The molecule has 7 nitrogen and oxygen atoms in total. The Hall–Kier alpha value is -1.60.